The summed E-state index contributed by atoms with van der Waals surface area (Å²) in [6.45, 7) is 6.20. The number of alkyl halides is 3. The molecule has 0 spiro atoms. The highest BCUT2D eigenvalue weighted by Crippen LogP contribution is 2.32. The molecule has 0 saturated heterocycles. The normalized spacial score (nSPS) is 11.7. The van der Waals surface area contributed by atoms with Gasteiger partial charge in [0.25, 0.3) is 0 Å². The van der Waals surface area contributed by atoms with Crippen LogP contribution in [0.3, 0.4) is 0 Å². The topological polar surface area (TPSA) is 45.6 Å². The monoisotopic (exact) mass is 490 g/mol. The second kappa shape index (κ2) is 9.03. The molecule has 5 rings (SSSR count). The van der Waals surface area contributed by atoms with Crippen molar-refractivity contribution in [1.29, 1.82) is 0 Å². The van der Waals surface area contributed by atoms with Crippen molar-refractivity contribution < 1.29 is 17.6 Å². The van der Waals surface area contributed by atoms with Gasteiger partial charge < -0.3 is 14.9 Å². The minimum Gasteiger partial charge on any atom is -0.359 e. The van der Waals surface area contributed by atoms with Gasteiger partial charge in [-0.2, -0.15) is 13.2 Å². The van der Waals surface area contributed by atoms with E-state index in [-0.39, 0.29) is 5.82 Å². The minimum atomic E-state index is -4.36. The molecule has 36 heavy (non-hydrogen) atoms. The van der Waals surface area contributed by atoms with Gasteiger partial charge in [-0.3, -0.25) is 0 Å². The number of rotatable bonds is 6. The van der Waals surface area contributed by atoms with E-state index >= 15 is 0 Å². The van der Waals surface area contributed by atoms with E-state index < -0.39 is 11.7 Å². The van der Waals surface area contributed by atoms with Crippen molar-refractivity contribution in [2.75, 3.05) is 5.32 Å². The third kappa shape index (κ3) is 4.75. The van der Waals surface area contributed by atoms with Crippen LogP contribution in [0.5, 0.6) is 0 Å². The van der Waals surface area contributed by atoms with E-state index in [1.165, 1.54) is 18.2 Å². The third-order valence-electron chi connectivity index (χ3n) is 6.06. The van der Waals surface area contributed by atoms with Crippen molar-refractivity contribution in [3.63, 3.8) is 0 Å². The number of H-pyrrole nitrogens is 1. The first-order valence-electron chi connectivity index (χ1n) is 11.2. The fourth-order valence-electron chi connectivity index (χ4n) is 4.01. The second-order valence-corrected chi connectivity index (χ2v) is 8.66. The lowest BCUT2D eigenvalue weighted by Crippen LogP contribution is -2.05. The smallest absolute Gasteiger partial charge is 0.359 e. The fraction of sp³-hybridized carbons (Fsp3) is 0.107. The van der Waals surface area contributed by atoms with Gasteiger partial charge in [-0.05, 0) is 59.5 Å². The number of benzene rings is 3. The predicted molar refractivity (Wildman–Crippen MR) is 134 cm³/mol. The maximum absolute atomic E-state index is 14.1. The number of aryl methyl sites for hydroxylation is 1. The van der Waals surface area contributed by atoms with E-state index in [4.69, 9.17) is 0 Å². The third-order valence-corrected chi connectivity index (χ3v) is 6.06. The van der Waals surface area contributed by atoms with Gasteiger partial charge >= 0.3 is 6.18 Å². The largest absolute Gasteiger partial charge is 0.416 e. The maximum atomic E-state index is 14.1. The molecule has 2 heterocycles. The molecule has 0 amide bonds. The fourth-order valence-corrected chi connectivity index (χ4v) is 4.01. The Kier molecular flexibility index (Phi) is 5.88. The molecule has 4 nitrogen and oxygen atoms in total. The molecule has 3 aromatic carbocycles. The first-order valence-corrected chi connectivity index (χ1v) is 11.2. The van der Waals surface area contributed by atoms with Crippen LogP contribution in [0.4, 0.5) is 23.2 Å². The molecule has 2 N–H and O–H groups in total. The van der Waals surface area contributed by atoms with Crippen LogP contribution < -0.4 is 5.32 Å². The van der Waals surface area contributed by atoms with E-state index in [0.717, 1.165) is 45.4 Å². The lowest BCUT2D eigenvalue weighted by atomic mass is 10.0. The van der Waals surface area contributed by atoms with Crippen LogP contribution in [0.1, 0.15) is 22.4 Å². The maximum Gasteiger partial charge on any atom is 0.416 e. The van der Waals surface area contributed by atoms with Crippen LogP contribution >= 0.6 is 0 Å². The Morgan fingerprint density at radius 2 is 1.75 bits per heavy atom. The molecule has 0 saturated carbocycles. The van der Waals surface area contributed by atoms with Crippen LogP contribution in [-0.4, -0.2) is 14.5 Å². The molecular weight excluding hydrogens is 468 g/mol. The molecule has 0 aliphatic carbocycles. The molecule has 0 fully saturated rings. The van der Waals surface area contributed by atoms with E-state index in [1.807, 2.05) is 30.5 Å². The van der Waals surface area contributed by atoms with Crippen molar-refractivity contribution in [1.82, 2.24) is 14.5 Å². The van der Waals surface area contributed by atoms with Crippen molar-refractivity contribution in [2.45, 2.75) is 19.6 Å². The van der Waals surface area contributed by atoms with Crippen LogP contribution in [-0.2, 0) is 12.7 Å². The summed E-state index contributed by atoms with van der Waals surface area (Å²) in [5.74, 6) is -0.250. The summed E-state index contributed by atoms with van der Waals surface area (Å²) in [6.07, 6.45) is 0.861. The Morgan fingerprint density at radius 1 is 1.03 bits per heavy atom. The van der Waals surface area contributed by atoms with Crippen LogP contribution in [0.15, 0.2) is 86.0 Å². The SMILES string of the molecule is C=C(Nc1c[nH]c2ccc(-c3ccc(C)c(F)c3)cc12)c1cn(Cc2ccc(C(F)(F)F)cc2)cn1. The van der Waals surface area contributed by atoms with Crippen molar-refractivity contribution in [3.8, 4) is 11.1 Å². The minimum absolute atomic E-state index is 0.250. The zero-order valence-corrected chi connectivity index (χ0v) is 19.3. The summed E-state index contributed by atoms with van der Waals surface area (Å²) in [4.78, 5) is 7.60. The summed E-state index contributed by atoms with van der Waals surface area (Å²) in [7, 11) is 0. The molecule has 0 bridgehead atoms. The molecule has 2 aromatic heterocycles. The Balaban J connectivity index is 1.32. The average Bonchev–Trinajstić information content (AvgIpc) is 3.47. The lowest BCUT2D eigenvalue weighted by molar-refractivity contribution is -0.137. The van der Waals surface area contributed by atoms with Crippen molar-refractivity contribution in [2.24, 2.45) is 0 Å². The van der Waals surface area contributed by atoms with Crippen molar-refractivity contribution in [3.05, 3.63) is 114 Å². The van der Waals surface area contributed by atoms with Crippen molar-refractivity contribution >= 4 is 22.3 Å². The number of anilines is 1. The number of hydrogen-bond acceptors (Lipinski definition) is 2. The van der Waals surface area contributed by atoms with E-state index in [2.05, 4.69) is 21.9 Å². The van der Waals surface area contributed by atoms with Gasteiger partial charge in [-0.25, -0.2) is 9.37 Å². The summed E-state index contributed by atoms with van der Waals surface area (Å²) in [5, 5.41) is 4.20. The van der Waals surface area contributed by atoms with Gasteiger partial charge in [0.15, 0.2) is 0 Å². The van der Waals surface area contributed by atoms with Gasteiger partial charge in [-0.15, -0.1) is 0 Å². The van der Waals surface area contributed by atoms with E-state index in [9.17, 15) is 17.6 Å². The summed E-state index contributed by atoms with van der Waals surface area (Å²) < 4.78 is 54.2. The molecule has 182 valence electrons. The Labute approximate surface area is 204 Å². The van der Waals surface area contributed by atoms with Crippen LogP contribution in [0, 0.1) is 12.7 Å². The quantitative estimate of drug-likeness (QED) is 0.240. The standard InChI is InChI=1S/C28H22F4N4/c1-17-3-6-21(12-24(17)29)20-7-10-25-23(11-20)26(13-33-25)35-18(2)27-15-36(16-34-27)14-19-4-8-22(9-5-19)28(30,31)32/h3-13,15-16,33,35H,2,14H2,1H3. The highest BCUT2D eigenvalue weighted by Gasteiger charge is 2.29. The Hall–Kier alpha value is -4.33. The van der Waals surface area contributed by atoms with Gasteiger partial charge in [0.2, 0.25) is 0 Å². The molecule has 0 atom stereocenters. The number of nitrogens with zero attached hydrogens (tertiary/aromatic N) is 2. The number of fused-ring (bicyclic) bond motifs is 1. The average molecular weight is 491 g/mol. The zero-order chi connectivity index (χ0) is 25.4. The first-order chi connectivity index (χ1) is 17.2. The molecule has 0 radical (unpaired) electrons. The number of imidazole rings is 1. The molecule has 8 heteroatoms. The van der Waals surface area contributed by atoms with E-state index in [1.54, 1.807) is 30.1 Å². The number of aromatic amines is 1. The second-order valence-electron chi connectivity index (χ2n) is 8.66. The number of aromatic nitrogens is 3. The molecule has 0 aliphatic heterocycles. The molecule has 0 unspecified atom stereocenters. The van der Waals surface area contributed by atoms with Gasteiger partial charge in [0, 0.05) is 29.8 Å². The zero-order valence-electron chi connectivity index (χ0n) is 19.3. The molecular formula is C28H22F4N4. The van der Waals surface area contributed by atoms with Gasteiger partial charge in [0.05, 0.1) is 23.3 Å². The number of nitrogens with one attached hydrogen (secondary N) is 2. The summed E-state index contributed by atoms with van der Waals surface area (Å²) in [5.41, 5.74) is 5.19. The highest BCUT2D eigenvalue weighted by molar-refractivity contribution is 5.98. The molecule has 0 aliphatic rings. The van der Waals surface area contributed by atoms with Crippen LogP contribution in [0.25, 0.3) is 27.7 Å². The van der Waals surface area contributed by atoms with Gasteiger partial charge in [-0.1, -0.05) is 36.9 Å². The van der Waals surface area contributed by atoms with E-state index in [0.29, 0.717) is 23.5 Å². The molecule has 5 aromatic rings. The number of hydrogen-bond donors (Lipinski definition) is 2. The Morgan fingerprint density at radius 3 is 2.47 bits per heavy atom. The summed E-state index contributed by atoms with van der Waals surface area (Å²) >= 11 is 0. The summed E-state index contributed by atoms with van der Waals surface area (Å²) in [6, 6.07) is 16.1. The van der Waals surface area contributed by atoms with Gasteiger partial charge in [0.1, 0.15) is 11.5 Å². The highest BCUT2D eigenvalue weighted by atomic mass is 19.4. The first kappa shape index (κ1) is 23.4. The predicted octanol–water partition coefficient (Wildman–Crippen LogP) is 7.63. The Bertz CT molecular complexity index is 1560. The van der Waals surface area contributed by atoms with Crippen LogP contribution in [0.2, 0.25) is 0 Å². The lowest BCUT2D eigenvalue weighted by Gasteiger charge is -2.09. The number of halogens is 4.